The van der Waals surface area contributed by atoms with E-state index in [9.17, 15) is 38.2 Å². The van der Waals surface area contributed by atoms with Gasteiger partial charge in [-0.15, -0.1) is 11.8 Å². The minimum Gasteiger partial charge on any atom is -0.458 e. The Morgan fingerprint density at radius 1 is 1.04 bits per heavy atom. The molecule has 3 aliphatic rings. The third-order valence-corrected chi connectivity index (χ3v) is 11.6. The highest BCUT2D eigenvalue weighted by molar-refractivity contribution is 7.99. The number of aromatic nitrogens is 6. The van der Waals surface area contributed by atoms with Crippen molar-refractivity contribution in [2.24, 2.45) is 5.73 Å². The van der Waals surface area contributed by atoms with Gasteiger partial charge in [-0.05, 0) is 25.3 Å². The largest absolute Gasteiger partial charge is 0.472 e. The number of carbonyl (C=O) groups is 2. The molecule has 314 valence electrons. The van der Waals surface area contributed by atoms with Crippen molar-refractivity contribution in [1.82, 2.24) is 39.7 Å². The SMILES string of the molecule is Nc1ccn([C@H]2C[C@H](OP(=O)(O)OC[C@H]3O[C@@H](n4cnc5c(N)ncnc54)C[C@@H]3OC(=O)[C@@H](N)CCCCNC(=O)[C@@H]3CSCN3)[C@@H](COP(=O)(O)O)O2)c(=O)n1. The highest BCUT2D eigenvalue weighted by atomic mass is 32.2. The summed E-state index contributed by atoms with van der Waals surface area (Å²) in [5, 5.41) is 5.95. The lowest BCUT2D eigenvalue weighted by atomic mass is 10.1. The Kier molecular flexibility index (Phi) is 14.0. The number of esters is 1. The van der Waals surface area contributed by atoms with Gasteiger partial charge in [0.05, 0.1) is 25.6 Å². The first-order valence-electron chi connectivity index (χ1n) is 17.6. The molecule has 3 saturated heterocycles. The summed E-state index contributed by atoms with van der Waals surface area (Å²) >= 11 is 1.64. The predicted molar refractivity (Wildman–Crippen MR) is 197 cm³/mol. The summed E-state index contributed by atoms with van der Waals surface area (Å²) in [6.07, 6.45) is -2.16. The third kappa shape index (κ3) is 11.3. The van der Waals surface area contributed by atoms with Gasteiger partial charge in [0.15, 0.2) is 11.5 Å². The van der Waals surface area contributed by atoms with Crippen LogP contribution in [0.3, 0.4) is 0 Å². The monoisotopic (exact) mass is 863 g/mol. The summed E-state index contributed by atoms with van der Waals surface area (Å²) in [7, 11) is -10.1. The highest BCUT2D eigenvalue weighted by Crippen LogP contribution is 2.50. The van der Waals surface area contributed by atoms with Crippen LogP contribution in [0, 0.1) is 0 Å². The Bertz CT molecular complexity index is 2050. The number of nitrogen functional groups attached to an aromatic ring is 2. The van der Waals surface area contributed by atoms with E-state index in [1.165, 1.54) is 29.5 Å². The Labute approximate surface area is 327 Å². The molecule has 1 amide bonds. The average molecular weight is 864 g/mol. The van der Waals surface area contributed by atoms with Crippen molar-refractivity contribution in [3.05, 3.63) is 35.4 Å². The molecule has 0 aliphatic carbocycles. The smallest absolute Gasteiger partial charge is 0.458 e. The van der Waals surface area contributed by atoms with Gasteiger partial charge in [0.2, 0.25) is 5.91 Å². The van der Waals surface area contributed by atoms with Crippen LogP contribution in [0.15, 0.2) is 29.7 Å². The number of nitrogens with one attached hydrogen (secondary N) is 2. The van der Waals surface area contributed by atoms with E-state index in [0.717, 1.165) is 10.4 Å². The van der Waals surface area contributed by atoms with Crippen molar-refractivity contribution in [1.29, 1.82) is 0 Å². The summed E-state index contributed by atoms with van der Waals surface area (Å²) in [5.74, 6) is 0.583. The van der Waals surface area contributed by atoms with Gasteiger partial charge in [0, 0.05) is 37.2 Å². The maximum atomic E-state index is 13.4. The first-order valence-corrected chi connectivity index (χ1v) is 21.7. The van der Waals surface area contributed by atoms with E-state index in [1.54, 1.807) is 11.8 Å². The molecule has 3 aliphatic heterocycles. The maximum Gasteiger partial charge on any atom is 0.472 e. The van der Waals surface area contributed by atoms with Crippen LogP contribution in [0.2, 0.25) is 0 Å². The lowest BCUT2D eigenvalue weighted by Gasteiger charge is -2.24. The summed E-state index contributed by atoms with van der Waals surface area (Å²) in [4.78, 5) is 83.2. The number of carbonyl (C=O) groups excluding carboxylic acids is 2. The topological polar surface area (TPSA) is 365 Å². The van der Waals surface area contributed by atoms with E-state index in [1.807, 2.05) is 0 Å². The van der Waals surface area contributed by atoms with Gasteiger partial charge < -0.3 is 51.4 Å². The molecule has 0 saturated carbocycles. The molecular formula is C29H43N11O14P2S. The highest BCUT2D eigenvalue weighted by Gasteiger charge is 2.45. The molecule has 28 heteroatoms. The van der Waals surface area contributed by atoms with E-state index < -0.39 is 83.4 Å². The summed E-state index contributed by atoms with van der Waals surface area (Å²) < 4.78 is 60.2. The van der Waals surface area contributed by atoms with Gasteiger partial charge in [-0.3, -0.25) is 37.6 Å². The standard InChI is InChI=1S/C29H43N11O14P2S/c30-15(3-1-2-5-33-27(41)16-11-57-14-37-16)28(42)53-17-7-23(40-13-36-24-25(32)34-12-35-26(24)40)51-19(17)10-50-56(47,48)54-18-8-22(39-6-4-21(31)38-29(39)43)52-20(18)9-49-55(44,45)46/h4,6,12-13,15-20,22-23,37H,1-3,5,7-11,14,30H2,(H,33,41)(H,47,48)(H2,31,38,43)(H2,32,34,35)(H2,44,45,46)/t15-,16-,17-,18-,19+,20+,22+,23+/m0/s1. The molecule has 0 bridgehead atoms. The molecule has 1 unspecified atom stereocenters. The molecule has 9 atom stereocenters. The molecule has 3 fully saturated rings. The quantitative estimate of drug-likeness (QED) is 0.0415. The zero-order valence-electron chi connectivity index (χ0n) is 30.0. The normalized spacial score (nSPS) is 26.7. The van der Waals surface area contributed by atoms with Crippen molar-refractivity contribution < 1.29 is 61.2 Å². The fourth-order valence-electron chi connectivity index (χ4n) is 6.28. The van der Waals surface area contributed by atoms with Gasteiger partial charge in [0.25, 0.3) is 0 Å². The molecule has 6 heterocycles. The molecule has 25 nitrogen and oxygen atoms in total. The Morgan fingerprint density at radius 3 is 2.47 bits per heavy atom. The van der Waals surface area contributed by atoms with Crippen molar-refractivity contribution in [3.8, 4) is 0 Å². The number of phosphoric acid groups is 2. The minimum absolute atomic E-state index is 0.00225. The molecular weight excluding hydrogens is 820 g/mol. The fraction of sp³-hybridized carbons (Fsp3) is 0.621. The average Bonchev–Trinajstić information content (AvgIpc) is 3.97. The maximum absolute atomic E-state index is 13.4. The fourth-order valence-corrected chi connectivity index (χ4v) is 8.53. The number of rotatable bonds is 18. The first kappa shape index (κ1) is 43.0. The number of phosphoric ester groups is 2. The lowest BCUT2D eigenvalue weighted by molar-refractivity contribution is -0.154. The van der Waals surface area contributed by atoms with Gasteiger partial charge in [-0.1, -0.05) is 0 Å². The van der Waals surface area contributed by atoms with E-state index >= 15 is 0 Å². The number of unbranched alkanes of at least 4 members (excludes halogenated alkanes) is 1. The lowest BCUT2D eigenvalue weighted by Crippen LogP contribution is -2.42. The molecule has 3 aromatic rings. The predicted octanol–water partition coefficient (Wildman–Crippen LogP) is -1.38. The van der Waals surface area contributed by atoms with E-state index in [2.05, 4.69) is 35.1 Å². The number of anilines is 2. The summed E-state index contributed by atoms with van der Waals surface area (Å²) in [5.41, 5.74) is 17.4. The van der Waals surface area contributed by atoms with Gasteiger partial charge in [0.1, 0.15) is 60.6 Å². The molecule has 57 heavy (non-hydrogen) atoms. The van der Waals surface area contributed by atoms with Gasteiger partial charge in [-0.25, -0.2) is 28.9 Å². The van der Waals surface area contributed by atoms with Crippen molar-refractivity contribution in [2.75, 3.05) is 42.9 Å². The number of ether oxygens (including phenoxy) is 3. The number of fused-ring (bicyclic) bond motifs is 1. The second-order valence-electron chi connectivity index (χ2n) is 13.2. The Hall–Kier alpha value is -3.62. The van der Waals surface area contributed by atoms with E-state index in [-0.39, 0.29) is 48.4 Å². The van der Waals surface area contributed by atoms with Crippen molar-refractivity contribution in [2.45, 2.75) is 81.1 Å². The third-order valence-electron chi connectivity index (χ3n) is 9.14. The molecule has 11 N–H and O–H groups in total. The van der Waals surface area contributed by atoms with Gasteiger partial charge in [-0.2, -0.15) is 4.98 Å². The van der Waals surface area contributed by atoms with E-state index in [0.29, 0.717) is 30.8 Å². The number of nitrogens with two attached hydrogens (primary N) is 3. The second kappa shape index (κ2) is 18.5. The Balaban J connectivity index is 1.10. The van der Waals surface area contributed by atoms with Crippen molar-refractivity contribution >= 4 is 62.1 Å². The zero-order valence-corrected chi connectivity index (χ0v) is 32.7. The van der Waals surface area contributed by atoms with E-state index in [4.69, 9.17) is 40.5 Å². The number of thioether (sulfide) groups is 1. The molecule has 0 spiro atoms. The van der Waals surface area contributed by atoms with Crippen LogP contribution in [-0.4, -0.2) is 124 Å². The first-order chi connectivity index (χ1) is 27.1. The van der Waals surface area contributed by atoms with Crippen LogP contribution in [0.5, 0.6) is 0 Å². The molecule has 0 radical (unpaired) electrons. The number of amides is 1. The van der Waals surface area contributed by atoms with Crippen LogP contribution >= 0.6 is 27.4 Å². The number of nitrogens with zero attached hydrogens (tertiary/aromatic N) is 6. The van der Waals surface area contributed by atoms with Crippen LogP contribution < -0.4 is 33.5 Å². The number of hydrogen-bond donors (Lipinski definition) is 8. The number of imidazole rings is 1. The van der Waals surface area contributed by atoms with Crippen LogP contribution in [-0.2, 0) is 46.5 Å². The minimum atomic E-state index is -5.06. The van der Waals surface area contributed by atoms with Crippen LogP contribution in [0.25, 0.3) is 11.2 Å². The number of hydrogen-bond acceptors (Lipinski definition) is 20. The van der Waals surface area contributed by atoms with Crippen LogP contribution in [0.4, 0.5) is 11.6 Å². The Morgan fingerprint density at radius 2 is 1.75 bits per heavy atom. The molecule has 6 rings (SSSR count). The second-order valence-corrected chi connectivity index (χ2v) is 16.9. The summed E-state index contributed by atoms with van der Waals surface area (Å²) in [6, 6.07) is 0.0187. The molecule has 0 aromatic carbocycles. The summed E-state index contributed by atoms with van der Waals surface area (Å²) in [6.45, 7) is -1.07. The van der Waals surface area contributed by atoms with Crippen molar-refractivity contribution in [3.63, 3.8) is 0 Å². The van der Waals surface area contributed by atoms with Crippen LogP contribution in [0.1, 0.15) is 44.6 Å². The zero-order chi connectivity index (χ0) is 40.9. The molecule has 3 aromatic heterocycles. The van der Waals surface area contributed by atoms with Gasteiger partial charge >= 0.3 is 27.3 Å².